The maximum absolute atomic E-state index is 12.8. The van der Waals surface area contributed by atoms with Crippen LogP contribution in [0, 0.1) is 0 Å². The fourth-order valence-electron chi connectivity index (χ4n) is 5.58. The summed E-state index contributed by atoms with van der Waals surface area (Å²) in [5.41, 5.74) is 3.58. The summed E-state index contributed by atoms with van der Waals surface area (Å²) in [5.74, 6) is 1.18. The van der Waals surface area contributed by atoms with E-state index in [1.807, 2.05) is 18.2 Å². The van der Waals surface area contributed by atoms with Gasteiger partial charge in [-0.05, 0) is 53.6 Å². The Morgan fingerprint density at radius 3 is 2.19 bits per heavy atom. The lowest BCUT2D eigenvalue weighted by Crippen LogP contribution is -2.50. The Kier molecular flexibility index (Phi) is 10.2. The molecule has 0 spiro atoms. The highest BCUT2D eigenvalue weighted by molar-refractivity contribution is 6.77. The molecule has 0 fully saturated rings. The van der Waals surface area contributed by atoms with Gasteiger partial charge in [0.15, 0.2) is 5.76 Å². The largest absolute Gasteiger partial charge is 0.439 e. The molecule has 3 aromatic rings. The smallest absolute Gasteiger partial charge is 0.202 e. The fourth-order valence-corrected chi connectivity index (χ4v) is 11.2. The third kappa shape index (κ3) is 7.23. The van der Waals surface area contributed by atoms with Crippen LogP contribution >= 0.6 is 0 Å². The number of benzene rings is 1. The van der Waals surface area contributed by atoms with E-state index < -0.39 is 8.32 Å². The Hall–Kier alpha value is -2.57. The van der Waals surface area contributed by atoms with Crippen molar-refractivity contribution in [1.29, 1.82) is 0 Å². The predicted octanol–water partition coefficient (Wildman–Crippen LogP) is 7.82. The van der Waals surface area contributed by atoms with Crippen molar-refractivity contribution in [2.24, 2.45) is 0 Å². The number of carbonyl (C=O) groups excluding carboxylic acids is 1. The van der Waals surface area contributed by atoms with Gasteiger partial charge in [0, 0.05) is 18.7 Å². The van der Waals surface area contributed by atoms with Gasteiger partial charge in [-0.15, -0.1) is 0 Å². The first-order valence-corrected chi connectivity index (χ1v) is 15.5. The second-order valence-electron chi connectivity index (χ2n) is 10.7. The fraction of sp³-hybridized carbons (Fsp3) is 0.500. The van der Waals surface area contributed by atoms with Crippen LogP contribution < -0.4 is 0 Å². The van der Waals surface area contributed by atoms with Gasteiger partial charge in [-0.2, -0.15) is 0 Å². The number of carbonyl (C=O) groups is 1. The van der Waals surface area contributed by atoms with Gasteiger partial charge in [-0.3, -0.25) is 9.78 Å². The Labute approximate surface area is 217 Å². The molecule has 1 unspecified atom stereocenters. The number of rotatable bonds is 14. The van der Waals surface area contributed by atoms with Crippen molar-refractivity contribution in [3.63, 3.8) is 0 Å². The van der Waals surface area contributed by atoms with Gasteiger partial charge < -0.3 is 8.84 Å². The van der Waals surface area contributed by atoms with Crippen molar-refractivity contribution < 1.29 is 13.6 Å². The SMILES string of the molecule is CC(C)[Si](OC(CCCC(=O)Cc1ncc(-c2ccccn2)o1)Cc1ccccc1)(C(C)C)C(C)C. The minimum Gasteiger partial charge on any atom is -0.439 e. The number of ketones is 1. The van der Waals surface area contributed by atoms with Crippen LogP contribution in [0.25, 0.3) is 11.5 Å². The molecule has 36 heavy (non-hydrogen) atoms. The molecule has 0 amide bonds. The van der Waals surface area contributed by atoms with Crippen LogP contribution in [-0.2, 0) is 22.1 Å². The van der Waals surface area contributed by atoms with Crippen LogP contribution in [0.3, 0.4) is 0 Å². The molecule has 0 aliphatic carbocycles. The zero-order valence-electron chi connectivity index (χ0n) is 22.7. The summed E-state index contributed by atoms with van der Waals surface area (Å²) < 4.78 is 12.9. The van der Waals surface area contributed by atoms with E-state index in [0.717, 1.165) is 25.0 Å². The Morgan fingerprint density at radius 1 is 0.917 bits per heavy atom. The van der Waals surface area contributed by atoms with E-state index in [1.54, 1.807) is 12.4 Å². The minimum atomic E-state index is -2.03. The van der Waals surface area contributed by atoms with Crippen LogP contribution in [0.15, 0.2) is 65.3 Å². The van der Waals surface area contributed by atoms with Gasteiger partial charge in [0.2, 0.25) is 14.2 Å². The summed E-state index contributed by atoms with van der Waals surface area (Å²) in [4.78, 5) is 21.3. The van der Waals surface area contributed by atoms with Crippen LogP contribution in [0.2, 0.25) is 16.6 Å². The van der Waals surface area contributed by atoms with E-state index in [9.17, 15) is 4.79 Å². The molecule has 2 heterocycles. The monoisotopic (exact) mass is 506 g/mol. The molecular weight excluding hydrogens is 464 g/mol. The standard InChI is InChI=1S/C30H42N2O3Si/c1-22(2)36(23(3)4,24(5)6)35-27(19-25-13-8-7-9-14-25)16-12-15-26(33)20-30-32-21-29(34-30)28-17-10-11-18-31-28/h7-11,13-14,17-18,21-24,27H,12,15-16,19-20H2,1-6H3. The summed E-state index contributed by atoms with van der Waals surface area (Å²) in [5, 5.41) is 0. The van der Waals surface area contributed by atoms with Crippen LogP contribution in [0.1, 0.15) is 72.3 Å². The molecule has 1 aromatic carbocycles. The highest BCUT2D eigenvalue weighted by Crippen LogP contribution is 2.43. The summed E-state index contributed by atoms with van der Waals surface area (Å²) in [6.07, 6.45) is 6.71. The van der Waals surface area contributed by atoms with Crippen molar-refractivity contribution in [3.8, 4) is 11.5 Å². The number of hydrogen-bond acceptors (Lipinski definition) is 5. The third-order valence-electron chi connectivity index (χ3n) is 7.19. The Morgan fingerprint density at radius 2 is 1.58 bits per heavy atom. The number of oxazole rings is 1. The van der Waals surface area contributed by atoms with Crippen LogP contribution in [-0.4, -0.2) is 30.2 Å². The Bertz CT molecular complexity index is 1040. The maximum Gasteiger partial charge on any atom is 0.202 e. The molecular formula is C30H42N2O3Si. The first-order valence-electron chi connectivity index (χ1n) is 13.3. The topological polar surface area (TPSA) is 65.2 Å². The lowest BCUT2D eigenvalue weighted by molar-refractivity contribution is -0.118. The molecule has 0 aliphatic rings. The summed E-state index contributed by atoms with van der Waals surface area (Å²) in [7, 11) is -2.03. The minimum absolute atomic E-state index is 0.108. The number of Topliss-reactive ketones (excluding diaryl/α,β-unsaturated/α-hetero) is 1. The van der Waals surface area contributed by atoms with E-state index in [0.29, 0.717) is 34.7 Å². The zero-order chi connectivity index (χ0) is 26.1. The normalized spacial score (nSPS) is 13.0. The molecule has 0 bridgehead atoms. The molecule has 2 aromatic heterocycles. The van der Waals surface area contributed by atoms with E-state index >= 15 is 0 Å². The highest BCUT2D eigenvalue weighted by atomic mass is 28.4. The molecule has 0 radical (unpaired) electrons. The molecule has 0 saturated carbocycles. The first kappa shape index (κ1) is 28.0. The molecule has 5 nitrogen and oxygen atoms in total. The van der Waals surface area contributed by atoms with E-state index in [1.165, 1.54) is 5.56 Å². The number of aromatic nitrogens is 2. The average Bonchev–Trinajstić information content (AvgIpc) is 3.31. The first-order chi connectivity index (χ1) is 17.2. The van der Waals surface area contributed by atoms with E-state index in [4.69, 9.17) is 8.84 Å². The predicted molar refractivity (Wildman–Crippen MR) is 148 cm³/mol. The number of nitrogens with zero attached hydrogens (tertiary/aromatic N) is 2. The highest BCUT2D eigenvalue weighted by Gasteiger charge is 2.46. The van der Waals surface area contributed by atoms with Gasteiger partial charge in [0.1, 0.15) is 11.5 Å². The maximum atomic E-state index is 12.8. The molecule has 1 atom stereocenters. The van der Waals surface area contributed by atoms with Gasteiger partial charge >= 0.3 is 0 Å². The zero-order valence-corrected chi connectivity index (χ0v) is 23.7. The van der Waals surface area contributed by atoms with E-state index in [-0.39, 0.29) is 18.3 Å². The van der Waals surface area contributed by atoms with E-state index in [2.05, 4.69) is 81.8 Å². The molecule has 0 saturated heterocycles. The molecule has 3 rings (SSSR count). The summed E-state index contributed by atoms with van der Waals surface area (Å²) in [6.45, 7) is 13.9. The summed E-state index contributed by atoms with van der Waals surface area (Å²) in [6, 6.07) is 16.2. The molecule has 0 N–H and O–H groups in total. The van der Waals surface area contributed by atoms with Gasteiger partial charge in [-0.25, -0.2) is 4.98 Å². The van der Waals surface area contributed by atoms with Crippen LogP contribution in [0.5, 0.6) is 0 Å². The van der Waals surface area contributed by atoms with Crippen molar-refractivity contribution in [2.45, 2.75) is 96.4 Å². The number of hydrogen-bond donors (Lipinski definition) is 0. The Balaban J connectivity index is 1.63. The third-order valence-corrected chi connectivity index (χ3v) is 13.3. The van der Waals surface area contributed by atoms with Gasteiger partial charge in [0.05, 0.1) is 12.6 Å². The van der Waals surface area contributed by atoms with Crippen molar-refractivity contribution in [2.75, 3.05) is 0 Å². The second kappa shape index (κ2) is 13.1. The van der Waals surface area contributed by atoms with Crippen molar-refractivity contribution >= 4 is 14.1 Å². The lowest BCUT2D eigenvalue weighted by atomic mass is 10.0. The lowest BCUT2D eigenvalue weighted by Gasteiger charge is -2.45. The molecule has 194 valence electrons. The summed E-state index contributed by atoms with van der Waals surface area (Å²) >= 11 is 0. The van der Waals surface area contributed by atoms with Crippen LogP contribution in [0.4, 0.5) is 0 Å². The second-order valence-corrected chi connectivity index (χ2v) is 16.1. The number of pyridine rings is 1. The van der Waals surface area contributed by atoms with Crippen molar-refractivity contribution in [3.05, 3.63) is 72.4 Å². The molecule has 0 aliphatic heterocycles. The van der Waals surface area contributed by atoms with Crippen molar-refractivity contribution in [1.82, 2.24) is 9.97 Å². The van der Waals surface area contributed by atoms with Gasteiger partial charge in [0.25, 0.3) is 0 Å². The quantitative estimate of drug-likeness (QED) is 0.209. The van der Waals surface area contributed by atoms with Gasteiger partial charge in [-0.1, -0.05) is 77.9 Å². The average molecular weight is 507 g/mol. The molecule has 6 heteroatoms.